The summed E-state index contributed by atoms with van der Waals surface area (Å²) in [5.74, 6) is 0. The zero-order chi connectivity index (χ0) is 9.26. The molecule has 1 aliphatic rings. The van der Waals surface area contributed by atoms with E-state index in [1.165, 1.54) is 12.8 Å². The predicted octanol–water partition coefficient (Wildman–Crippen LogP) is 2.18. The first-order valence-corrected chi connectivity index (χ1v) is 6.07. The molecule has 4 heteroatoms. The van der Waals surface area contributed by atoms with Crippen molar-refractivity contribution in [3.63, 3.8) is 0 Å². The van der Waals surface area contributed by atoms with E-state index in [-0.39, 0.29) is 0 Å². The Labute approximate surface area is 84.0 Å². The van der Waals surface area contributed by atoms with Gasteiger partial charge in [0.15, 0.2) is 0 Å². The summed E-state index contributed by atoms with van der Waals surface area (Å²) >= 11 is -0.265. The number of benzene rings is 1. The van der Waals surface area contributed by atoms with Crippen LogP contribution in [-0.2, 0) is 11.1 Å². The fourth-order valence-electron chi connectivity index (χ4n) is 1.01. The Morgan fingerprint density at radius 2 is 1.92 bits per heavy atom. The highest BCUT2D eigenvalue weighted by atomic mass is 32.2. The minimum absolute atomic E-state index is 0.361. The van der Waals surface area contributed by atoms with Crippen molar-refractivity contribution in [3.05, 3.63) is 24.3 Å². The monoisotopic (exact) mass is 213 g/mol. The fraction of sp³-hybridized carbons (Fsp3) is 0.333. The number of rotatable bonds is 3. The molecule has 0 spiro atoms. The van der Waals surface area contributed by atoms with Gasteiger partial charge in [0.25, 0.3) is 0 Å². The molecule has 2 rings (SSSR count). The molecule has 0 aliphatic heterocycles. The van der Waals surface area contributed by atoms with Crippen LogP contribution in [0, 0.1) is 0 Å². The molecular weight excluding hydrogens is 204 g/mol. The molecule has 0 heterocycles. The average molecular weight is 213 g/mol. The van der Waals surface area contributed by atoms with E-state index in [1.807, 2.05) is 23.9 Å². The molecule has 1 saturated carbocycles. The van der Waals surface area contributed by atoms with Gasteiger partial charge in [0, 0.05) is 15.0 Å². The Hall–Kier alpha value is -0.320. The number of hydrogen-bond acceptors (Lipinski definition) is 3. The zero-order valence-corrected chi connectivity index (χ0v) is 8.57. The summed E-state index contributed by atoms with van der Waals surface area (Å²) in [4.78, 5) is 1.52. The zero-order valence-electron chi connectivity index (χ0n) is 6.93. The lowest BCUT2D eigenvalue weighted by atomic mass is 10.4. The molecule has 1 aromatic rings. The normalized spacial score (nSPS) is 18.5. The van der Waals surface area contributed by atoms with Crippen LogP contribution in [0.5, 0.6) is 0 Å². The minimum atomic E-state index is -2.09. The standard InChI is InChI=1S/C9H10O2S2/c10-13(11)9-5-3-8(4-6-9)12-7-1-2-7/h3-7H,1-2H2,(H,10,11)/p-1. The maximum absolute atomic E-state index is 10.5. The van der Waals surface area contributed by atoms with Gasteiger partial charge in [0.1, 0.15) is 0 Å². The van der Waals surface area contributed by atoms with Crippen LogP contribution in [0.25, 0.3) is 0 Å². The van der Waals surface area contributed by atoms with Gasteiger partial charge in [-0.15, -0.1) is 11.8 Å². The highest BCUT2D eigenvalue weighted by molar-refractivity contribution is 8.00. The molecule has 70 valence electrons. The highest BCUT2D eigenvalue weighted by Gasteiger charge is 2.22. The molecule has 0 N–H and O–H groups in total. The second-order valence-electron chi connectivity index (χ2n) is 3.02. The molecular formula is C9H9O2S2-. The Morgan fingerprint density at radius 1 is 1.31 bits per heavy atom. The van der Waals surface area contributed by atoms with Gasteiger partial charge in [-0.25, -0.2) is 0 Å². The van der Waals surface area contributed by atoms with E-state index in [0.717, 1.165) is 10.1 Å². The Balaban J connectivity index is 2.08. The van der Waals surface area contributed by atoms with Crippen molar-refractivity contribution in [1.29, 1.82) is 0 Å². The summed E-state index contributed by atoms with van der Waals surface area (Å²) in [6.07, 6.45) is 2.58. The van der Waals surface area contributed by atoms with Crippen molar-refractivity contribution in [3.8, 4) is 0 Å². The lowest BCUT2D eigenvalue weighted by Crippen LogP contribution is -1.87. The van der Waals surface area contributed by atoms with Gasteiger partial charge in [-0.2, -0.15) is 0 Å². The van der Waals surface area contributed by atoms with E-state index >= 15 is 0 Å². The third-order valence-corrected chi connectivity index (χ3v) is 3.85. The minimum Gasteiger partial charge on any atom is -0.768 e. The van der Waals surface area contributed by atoms with Gasteiger partial charge in [-0.05, 0) is 48.2 Å². The van der Waals surface area contributed by atoms with Crippen molar-refractivity contribution in [2.45, 2.75) is 27.9 Å². The van der Waals surface area contributed by atoms with Gasteiger partial charge in [0.05, 0.1) is 0 Å². The first-order chi connectivity index (χ1) is 6.25. The van der Waals surface area contributed by atoms with Gasteiger partial charge in [-0.1, -0.05) is 0 Å². The Bertz CT molecular complexity index is 317. The van der Waals surface area contributed by atoms with E-state index in [9.17, 15) is 8.76 Å². The van der Waals surface area contributed by atoms with E-state index in [4.69, 9.17) is 0 Å². The molecule has 1 unspecified atom stereocenters. The second-order valence-corrected chi connectivity index (χ2v) is 5.34. The van der Waals surface area contributed by atoms with Crippen molar-refractivity contribution >= 4 is 22.8 Å². The summed E-state index contributed by atoms with van der Waals surface area (Å²) in [6, 6.07) is 7.03. The van der Waals surface area contributed by atoms with Crippen molar-refractivity contribution in [2.75, 3.05) is 0 Å². The Morgan fingerprint density at radius 3 is 2.38 bits per heavy atom. The fourth-order valence-corrected chi connectivity index (χ4v) is 2.42. The predicted molar refractivity (Wildman–Crippen MR) is 52.5 cm³/mol. The maximum atomic E-state index is 10.5. The van der Waals surface area contributed by atoms with Crippen LogP contribution in [-0.4, -0.2) is 14.0 Å². The van der Waals surface area contributed by atoms with E-state index in [0.29, 0.717) is 4.90 Å². The molecule has 0 aromatic heterocycles. The van der Waals surface area contributed by atoms with Gasteiger partial charge >= 0.3 is 0 Å². The molecule has 1 aromatic carbocycles. The summed E-state index contributed by atoms with van der Waals surface area (Å²) in [6.45, 7) is 0. The molecule has 2 nitrogen and oxygen atoms in total. The van der Waals surface area contributed by atoms with Crippen LogP contribution < -0.4 is 0 Å². The Kier molecular flexibility index (Phi) is 2.71. The molecule has 0 radical (unpaired) electrons. The first-order valence-electron chi connectivity index (χ1n) is 4.12. The van der Waals surface area contributed by atoms with Gasteiger partial charge in [0.2, 0.25) is 0 Å². The molecule has 0 amide bonds. The van der Waals surface area contributed by atoms with Crippen LogP contribution in [0.15, 0.2) is 34.1 Å². The highest BCUT2D eigenvalue weighted by Crippen LogP contribution is 2.39. The lowest BCUT2D eigenvalue weighted by molar-refractivity contribution is 0.537. The average Bonchev–Trinajstić information content (AvgIpc) is 2.89. The van der Waals surface area contributed by atoms with Crippen molar-refractivity contribution in [2.24, 2.45) is 0 Å². The third-order valence-electron chi connectivity index (χ3n) is 1.84. The van der Waals surface area contributed by atoms with E-state index < -0.39 is 11.1 Å². The van der Waals surface area contributed by atoms with Crippen LogP contribution in [0.4, 0.5) is 0 Å². The molecule has 1 atom stereocenters. The third kappa shape index (κ3) is 2.56. The second kappa shape index (κ2) is 3.82. The smallest absolute Gasteiger partial charge is 0.0249 e. The SMILES string of the molecule is O=S([O-])c1ccc(SC2CC2)cc1. The van der Waals surface area contributed by atoms with E-state index in [1.54, 1.807) is 12.1 Å². The van der Waals surface area contributed by atoms with Crippen LogP contribution in [0.2, 0.25) is 0 Å². The van der Waals surface area contributed by atoms with Crippen LogP contribution in [0.1, 0.15) is 12.8 Å². The maximum Gasteiger partial charge on any atom is 0.0249 e. The lowest BCUT2D eigenvalue weighted by Gasteiger charge is -2.05. The largest absolute Gasteiger partial charge is 0.768 e. The topological polar surface area (TPSA) is 40.1 Å². The molecule has 0 saturated heterocycles. The van der Waals surface area contributed by atoms with Crippen LogP contribution >= 0.6 is 11.8 Å². The molecule has 13 heavy (non-hydrogen) atoms. The first kappa shape index (κ1) is 9.24. The summed E-state index contributed by atoms with van der Waals surface area (Å²) in [5.41, 5.74) is 0. The van der Waals surface area contributed by atoms with Gasteiger partial charge in [-0.3, -0.25) is 4.21 Å². The summed E-state index contributed by atoms with van der Waals surface area (Å²) in [7, 11) is 0. The summed E-state index contributed by atoms with van der Waals surface area (Å²) < 4.78 is 21.1. The van der Waals surface area contributed by atoms with Crippen LogP contribution in [0.3, 0.4) is 0 Å². The summed E-state index contributed by atoms with van der Waals surface area (Å²) in [5, 5.41) is 0.767. The molecule has 0 bridgehead atoms. The quantitative estimate of drug-likeness (QED) is 0.722. The van der Waals surface area contributed by atoms with Crippen molar-refractivity contribution < 1.29 is 8.76 Å². The van der Waals surface area contributed by atoms with Gasteiger partial charge < -0.3 is 4.55 Å². The van der Waals surface area contributed by atoms with E-state index in [2.05, 4.69) is 0 Å². The number of thioether (sulfide) groups is 1. The molecule has 1 fully saturated rings. The number of hydrogen-bond donors (Lipinski definition) is 0. The van der Waals surface area contributed by atoms with Crippen molar-refractivity contribution in [1.82, 2.24) is 0 Å². The molecule has 1 aliphatic carbocycles.